The van der Waals surface area contributed by atoms with Gasteiger partial charge >= 0.3 is 11.8 Å². The Morgan fingerprint density at radius 2 is 2.05 bits per heavy atom. The van der Waals surface area contributed by atoms with Crippen molar-refractivity contribution in [1.29, 1.82) is 0 Å². The highest BCUT2D eigenvalue weighted by molar-refractivity contribution is 6.39. The van der Waals surface area contributed by atoms with Gasteiger partial charge in [0, 0.05) is 38.1 Å². The van der Waals surface area contributed by atoms with Crippen LogP contribution in [0.4, 0.5) is 11.4 Å². The summed E-state index contributed by atoms with van der Waals surface area (Å²) >= 11 is 0. The molecule has 0 spiro atoms. The minimum Gasteiger partial charge on any atom is -0.385 e. The van der Waals surface area contributed by atoms with Crippen LogP contribution in [0.5, 0.6) is 0 Å². The van der Waals surface area contributed by atoms with E-state index in [1.165, 1.54) is 18.2 Å². The SMILES string of the molecule is COCCCNC(=O)C(=O)Nc1ccc([N+](=O)[O-])cc1C. The third-order valence-electron chi connectivity index (χ3n) is 2.69. The van der Waals surface area contributed by atoms with E-state index in [4.69, 9.17) is 4.74 Å². The number of nitrogens with zero attached hydrogens (tertiary/aromatic N) is 1. The smallest absolute Gasteiger partial charge is 0.313 e. The Kier molecular flexibility index (Phi) is 6.28. The lowest BCUT2D eigenvalue weighted by Crippen LogP contribution is -2.36. The molecule has 0 atom stereocenters. The topological polar surface area (TPSA) is 111 Å². The van der Waals surface area contributed by atoms with Crippen molar-refractivity contribution in [3.8, 4) is 0 Å². The van der Waals surface area contributed by atoms with E-state index in [9.17, 15) is 19.7 Å². The molecule has 8 nitrogen and oxygen atoms in total. The second-order valence-electron chi connectivity index (χ2n) is 4.31. The molecular formula is C13H17N3O5. The van der Waals surface area contributed by atoms with Crippen LogP contribution >= 0.6 is 0 Å². The number of hydrogen-bond donors (Lipinski definition) is 2. The number of rotatable bonds is 6. The van der Waals surface area contributed by atoms with Gasteiger partial charge in [-0.15, -0.1) is 0 Å². The highest BCUT2D eigenvalue weighted by Gasteiger charge is 2.15. The molecule has 1 rings (SSSR count). The molecule has 1 aromatic carbocycles. The highest BCUT2D eigenvalue weighted by atomic mass is 16.6. The number of non-ortho nitro benzene ring substituents is 1. The van der Waals surface area contributed by atoms with Crippen molar-refractivity contribution in [3.63, 3.8) is 0 Å². The molecule has 0 saturated heterocycles. The summed E-state index contributed by atoms with van der Waals surface area (Å²) < 4.78 is 4.82. The van der Waals surface area contributed by atoms with Crippen molar-refractivity contribution < 1.29 is 19.2 Å². The van der Waals surface area contributed by atoms with Crippen molar-refractivity contribution in [2.24, 2.45) is 0 Å². The maximum absolute atomic E-state index is 11.7. The molecule has 0 unspecified atom stereocenters. The van der Waals surface area contributed by atoms with E-state index in [1.54, 1.807) is 14.0 Å². The predicted octanol–water partition coefficient (Wildman–Crippen LogP) is 0.994. The zero-order valence-electron chi connectivity index (χ0n) is 11.8. The minimum absolute atomic E-state index is 0.0745. The van der Waals surface area contributed by atoms with Crippen LogP contribution < -0.4 is 10.6 Å². The molecule has 114 valence electrons. The fourth-order valence-electron chi connectivity index (χ4n) is 1.58. The number of aryl methyl sites for hydroxylation is 1. The van der Waals surface area contributed by atoms with E-state index in [0.717, 1.165) is 0 Å². The molecule has 2 N–H and O–H groups in total. The number of nitro benzene ring substituents is 1. The molecule has 0 aliphatic heterocycles. The van der Waals surface area contributed by atoms with Gasteiger partial charge in [-0.1, -0.05) is 0 Å². The standard InChI is InChI=1S/C13H17N3O5/c1-9-8-10(16(19)20)4-5-11(9)15-13(18)12(17)14-6-3-7-21-2/h4-5,8H,3,6-7H2,1-2H3,(H,14,17)(H,15,18). The Morgan fingerprint density at radius 3 is 2.62 bits per heavy atom. The average Bonchev–Trinajstić information content (AvgIpc) is 2.45. The summed E-state index contributed by atoms with van der Waals surface area (Å²) in [6.07, 6.45) is 0.603. The first-order valence-electron chi connectivity index (χ1n) is 6.29. The Balaban J connectivity index is 2.58. The van der Waals surface area contributed by atoms with Crippen molar-refractivity contribution in [3.05, 3.63) is 33.9 Å². The van der Waals surface area contributed by atoms with Gasteiger partial charge in [0.2, 0.25) is 0 Å². The van der Waals surface area contributed by atoms with Crippen LogP contribution in [0.25, 0.3) is 0 Å². The van der Waals surface area contributed by atoms with Crippen LogP contribution in [-0.4, -0.2) is 37.0 Å². The second kappa shape index (κ2) is 7.95. The van der Waals surface area contributed by atoms with Gasteiger partial charge < -0.3 is 15.4 Å². The fraction of sp³-hybridized carbons (Fsp3) is 0.385. The molecule has 21 heavy (non-hydrogen) atoms. The van der Waals surface area contributed by atoms with Gasteiger partial charge in [-0.2, -0.15) is 0 Å². The first-order valence-corrected chi connectivity index (χ1v) is 6.29. The number of carbonyl (C=O) groups is 2. The van der Waals surface area contributed by atoms with Gasteiger partial charge in [0.15, 0.2) is 0 Å². The number of nitro groups is 1. The van der Waals surface area contributed by atoms with E-state index in [1.807, 2.05) is 0 Å². The van der Waals surface area contributed by atoms with Crippen molar-refractivity contribution in [2.75, 3.05) is 25.6 Å². The molecule has 0 radical (unpaired) electrons. The van der Waals surface area contributed by atoms with E-state index >= 15 is 0 Å². The molecule has 0 aromatic heterocycles. The maximum atomic E-state index is 11.7. The Labute approximate surface area is 121 Å². The number of hydrogen-bond acceptors (Lipinski definition) is 5. The summed E-state index contributed by atoms with van der Waals surface area (Å²) in [5, 5.41) is 15.5. The molecule has 2 amide bonds. The first kappa shape index (κ1) is 16.6. The van der Waals surface area contributed by atoms with Crippen molar-refractivity contribution in [2.45, 2.75) is 13.3 Å². The summed E-state index contributed by atoms with van der Waals surface area (Å²) in [6, 6.07) is 3.98. The number of amides is 2. The largest absolute Gasteiger partial charge is 0.385 e. The lowest BCUT2D eigenvalue weighted by molar-refractivity contribution is -0.384. The number of ether oxygens (including phenoxy) is 1. The van der Waals surface area contributed by atoms with Gasteiger partial charge in [0.25, 0.3) is 5.69 Å². The zero-order valence-corrected chi connectivity index (χ0v) is 11.8. The Morgan fingerprint density at radius 1 is 1.33 bits per heavy atom. The first-order chi connectivity index (χ1) is 9.95. The van der Waals surface area contributed by atoms with Crippen LogP contribution in [0.1, 0.15) is 12.0 Å². The predicted molar refractivity (Wildman–Crippen MR) is 76.0 cm³/mol. The summed E-state index contributed by atoms with van der Waals surface area (Å²) in [4.78, 5) is 33.3. The van der Waals surface area contributed by atoms with Gasteiger partial charge in [-0.05, 0) is 25.0 Å². The van der Waals surface area contributed by atoms with Crippen LogP contribution in [-0.2, 0) is 14.3 Å². The highest BCUT2D eigenvalue weighted by Crippen LogP contribution is 2.20. The van der Waals surface area contributed by atoms with Gasteiger partial charge in [0.1, 0.15) is 0 Å². The van der Waals surface area contributed by atoms with E-state index in [0.29, 0.717) is 30.8 Å². The third-order valence-corrected chi connectivity index (χ3v) is 2.69. The molecule has 0 aliphatic rings. The fourth-order valence-corrected chi connectivity index (χ4v) is 1.58. The third kappa shape index (κ3) is 5.19. The summed E-state index contributed by atoms with van der Waals surface area (Å²) in [5.74, 6) is -1.58. The Hall–Kier alpha value is -2.48. The molecular weight excluding hydrogens is 278 g/mol. The van der Waals surface area contributed by atoms with Crippen LogP contribution in [0, 0.1) is 17.0 Å². The summed E-state index contributed by atoms with van der Waals surface area (Å²) in [7, 11) is 1.55. The quantitative estimate of drug-likeness (QED) is 0.352. The van der Waals surface area contributed by atoms with Crippen LogP contribution in [0.15, 0.2) is 18.2 Å². The average molecular weight is 295 g/mol. The molecule has 0 bridgehead atoms. The van der Waals surface area contributed by atoms with E-state index in [2.05, 4.69) is 10.6 Å². The minimum atomic E-state index is -0.815. The summed E-state index contributed by atoms with van der Waals surface area (Å²) in [6.45, 7) is 2.43. The van der Waals surface area contributed by atoms with Gasteiger partial charge in [-0.25, -0.2) is 0 Å². The molecule has 0 heterocycles. The van der Waals surface area contributed by atoms with Crippen molar-refractivity contribution >= 4 is 23.2 Å². The molecule has 0 aliphatic carbocycles. The van der Waals surface area contributed by atoms with E-state index < -0.39 is 16.7 Å². The normalized spacial score (nSPS) is 10.0. The number of nitrogens with one attached hydrogen (secondary N) is 2. The lowest BCUT2D eigenvalue weighted by Gasteiger charge is -2.08. The molecule has 0 saturated carbocycles. The number of benzene rings is 1. The molecule has 1 aromatic rings. The van der Waals surface area contributed by atoms with Gasteiger partial charge in [0.05, 0.1) is 4.92 Å². The van der Waals surface area contributed by atoms with Crippen molar-refractivity contribution in [1.82, 2.24) is 5.32 Å². The Bertz CT molecular complexity index is 545. The number of anilines is 1. The molecule has 8 heteroatoms. The maximum Gasteiger partial charge on any atom is 0.313 e. The van der Waals surface area contributed by atoms with Crippen LogP contribution in [0.2, 0.25) is 0 Å². The lowest BCUT2D eigenvalue weighted by atomic mass is 10.2. The monoisotopic (exact) mass is 295 g/mol. The molecule has 0 fully saturated rings. The zero-order chi connectivity index (χ0) is 15.8. The van der Waals surface area contributed by atoms with E-state index in [-0.39, 0.29) is 5.69 Å². The second-order valence-corrected chi connectivity index (χ2v) is 4.31. The van der Waals surface area contributed by atoms with Crippen LogP contribution in [0.3, 0.4) is 0 Å². The van der Waals surface area contributed by atoms with Gasteiger partial charge in [-0.3, -0.25) is 19.7 Å². The summed E-state index contributed by atoms with van der Waals surface area (Å²) in [5.41, 5.74) is 0.789. The number of carbonyl (C=O) groups excluding carboxylic acids is 2. The number of methoxy groups -OCH3 is 1.